The summed E-state index contributed by atoms with van der Waals surface area (Å²) in [6.07, 6.45) is 3.82. The Labute approximate surface area is 197 Å². The lowest BCUT2D eigenvalue weighted by Crippen LogP contribution is -2.44. The molecule has 3 rings (SSSR count). The molecule has 0 aliphatic carbocycles. The number of carbonyl (C=O) groups excluding carboxylic acids is 2. The average Bonchev–Trinajstić information content (AvgIpc) is 2.86. The number of ether oxygens (including phenoxy) is 1. The average molecular weight is 444 g/mol. The van der Waals surface area contributed by atoms with Crippen LogP contribution in [0.1, 0.15) is 47.7 Å². The quantitative estimate of drug-likeness (QED) is 0.370. The van der Waals surface area contributed by atoms with Crippen molar-refractivity contribution in [1.82, 2.24) is 5.32 Å². The monoisotopic (exact) mass is 443 g/mol. The first-order valence-electron chi connectivity index (χ1n) is 11.8. The van der Waals surface area contributed by atoms with E-state index >= 15 is 0 Å². The van der Waals surface area contributed by atoms with E-state index in [0.29, 0.717) is 25.0 Å². The molecule has 0 spiro atoms. The first kappa shape index (κ1) is 24.2. The van der Waals surface area contributed by atoms with Gasteiger partial charge in [-0.2, -0.15) is 0 Å². The second kappa shape index (κ2) is 13.2. The van der Waals surface area contributed by atoms with Crippen LogP contribution in [0.2, 0.25) is 0 Å². The molecule has 0 unspecified atom stereocenters. The zero-order valence-electron chi connectivity index (χ0n) is 19.3. The van der Waals surface area contributed by atoms with Gasteiger partial charge in [-0.15, -0.1) is 0 Å². The van der Waals surface area contributed by atoms with Crippen molar-refractivity contribution < 1.29 is 14.3 Å². The number of rotatable bonds is 12. The van der Waals surface area contributed by atoms with Crippen molar-refractivity contribution in [2.75, 3.05) is 6.61 Å². The largest absolute Gasteiger partial charge is 0.466 e. The minimum atomic E-state index is -0.398. The van der Waals surface area contributed by atoms with E-state index in [4.69, 9.17) is 4.74 Å². The SMILES string of the molecule is CCOC(=O)[C@@H](CCCc1ccccc1)[C@H](CCc1ccccc1)NC(=O)c1ccccc1. The molecule has 3 aromatic carbocycles. The highest BCUT2D eigenvalue weighted by atomic mass is 16.5. The van der Waals surface area contributed by atoms with Gasteiger partial charge in [0.25, 0.3) is 5.91 Å². The minimum absolute atomic E-state index is 0.161. The van der Waals surface area contributed by atoms with Gasteiger partial charge in [0.15, 0.2) is 0 Å². The van der Waals surface area contributed by atoms with Crippen LogP contribution in [0.3, 0.4) is 0 Å². The van der Waals surface area contributed by atoms with Gasteiger partial charge in [0.2, 0.25) is 0 Å². The molecular formula is C29H33NO3. The molecule has 2 atom stereocenters. The highest BCUT2D eigenvalue weighted by molar-refractivity contribution is 5.94. The highest BCUT2D eigenvalue weighted by Gasteiger charge is 2.30. The lowest BCUT2D eigenvalue weighted by molar-refractivity contribution is -0.149. The Balaban J connectivity index is 1.75. The van der Waals surface area contributed by atoms with Gasteiger partial charge in [0.05, 0.1) is 12.5 Å². The van der Waals surface area contributed by atoms with Crippen molar-refractivity contribution in [3.63, 3.8) is 0 Å². The Kier molecular flexibility index (Phi) is 9.71. The predicted octanol–water partition coefficient (Wildman–Crippen LogP) is 5.62. The van der Waals surface area contributed by atoms with Crippen LogP contribution in [0, 0.1) is 5.92 Å². The summed E-state index contributed by atoms with van der Waals surface area (Å²) in [5.41, 5.74) is 3.02. The first-order valence-corrected chi connectivity index (χ1v) is 11.8. The summed E-state index contributed by atoms with van der Waals surface area (Å²) in [5.74, 6) is -0.798. The van der Waals surface area contributed by atoms with Crippen molar-refractivity contribution in [2.24, 2.45) is 5.92 Å². The van der Waals surface area contributed by atoms with Gasteiger partial charge in [0.1, 0.15) is 0 Å². The molecule has 0 aromatic heterocycles. The summed E-state index contributed by atoms with van der Waals surface area (Å²) < 4.78 is 5.44. The normalized spacial score (nSPS) is 12.5. The molecule has 0 radical (unpaired) electrons. The molecule has 172 valence electrons. The van der Waals surface area contributed by atoms with Crippen LogP contribution in [0.15, 0.2) is 91.0 Å². The van der Waals surface area contributed by atoms with Crippen LogP contribution in [0.4, 0.5) is 0 Å². The van der Waals surface area contributed by atoms with Crippen LogP contribution in [-0.2, 0) is 22.4 Å². The molecule has 0 aliphatic rings. The van der Waals surface area contributed by atoms with E-state index in [1.165, 1.54) is 11.1 Å². The summed E-state index contributed by atoms with van der Waals surface area (Å²) in [7, 11) is 0. The third-order valence-electron chi connectivity index (χ3n) is 5.84. The Morgan fingerprint density at radius 3 is 1.88 bits per heavy atom. The number of aryl methyl sites for hydroxylation is 2. The molecule has 33 heavy (non-hydrogen) atoms. The van der Waals surface area contributed by atoms with E-state index in [9.17, 15) is 9.59 Å². The fourth-order valence-electron chi connectivity index (χ4n) is 4.09. The summed E-state index contributed by atoms with van der Waals surface area (Å²) in [6, 6.07) is 29.3. The van der Waals surface area contributed by atoms with Crippen LogP contribution in [0.5, 0.6) is 0 Å². The highest BCUT2D eigenvalue weighted by Crippen LogP contribution is 2.21. The van der Waals surface area contributed by atoms with Crippen molar-refractivity contribution in [1.29, 1.82) is 0 Å². The maximum absolute atomic E-state index is 13.0. The number of hydrogen-bond donors (Lipinski definition) is 1. The second-order valence-electron chi connectivity index (χ2n) is 8.21. The number of amides is 1. The smallest absolute Gasteiger partial charge is 0.311 e. The summed E-state index contributed by atoms with van der Waals surface area (Å²) in [6.45, 7) is 2.15. The molecule has 0 heterocycles. The molecule has 1 N–H and O–H groups in total. The summed E-state index contributed by atoms with van der Waals surface area (Å²) in [5, 5.41) is 3.15. The van der Waals surface area contributed by atoms with E-state index in [1.54, 1.807) is 12.1 Å². The van der Waals surface area contributed by atoms with E-state index in [0.717, 1.165) is 19.3 Å². The van der Waals surface area contributed by atoms with Gasteiger partial charge < -0.3 is 10.1 Å². The summed E-state index contributed by atoms with van der Waals surface area (Å²) in [4.78, 5) is 26.0. The van der Waals surface area contributed by atoms with Crippen LogP contribution in [0.25, 0.3) is 0 Å². The Morgan fingerprint density at radius 1 is 0.758 bits per heavy atom. The number of benzene rings is 3. The molecule has 4 nitrogen and oxygen atoms in total. The van der Waals surface area contributed by atoms with Gasteiger partial charge in [-0.1, -0.05) is 78.9 Å². The fourth-order valence-corrected chi connectivity index (χ4v) is 4.09. The van der Waals surface area contributed by atoms with Crippen molar-refractivity contribution in [3.05, 3.63) is 108 Å². The molecule has 0 fully saturated rings. The van der Waals surface area contributed by atoms with Gasteiger partial charge in [0, 0.05) is 11.6 Å². The van der Waals surface area contributed by atoms with E-state index in [-0.39, 0.29) is 17.9 Å². The van der Waals surface area contributed by atoms with E-state index < -0.39 is 5.92 Å². The topological polar surface area (TPSA) is 55.4 Å². The maximum atomic E-state index is 13.0. The van der Waals surface area contributed by atoms with Gasteiger partial charge in [-0.25, -0.2) is 0 Å². The molecular weight excluding hydrogens is 410 g/mol. The predicted molar refractivity (Wildman–Crippen MR) is 132 cm³/mol. The Morgan fingerprint density at radius 2 is 1.30 bits per heavy atom. The van der Waals surface area contributed by atoms with Crippen molar-refractivity contribution >= 4 is 11.9 Å². The molecule has 4 heteroatoms. The zero-order chi connectivity index (χ0) is 23.3. The van der Waals surface area contributed by atoms with E-state index in [1.807, 2.05) is 61.5 Å². The minimum Gasteiger partial charge on any atom is -0.466 e. The molecule has 0 aliphatic heterocycles. The van der Waals surface area contributed by atoms with Gasteiger partial charge in [-0.05, 0) is 62.3 Å². The number of nitrogens with one attached hydrogen (secondary N) is 1. The third-order valence-corrected chi connectivity index (χ3v) is 5.84. The van der Waals surface area contributed by atoms with Crippen LogP contribution in [-0.4, -0.2) is 24.5 Å². The molecule has 3 aromatic rings. The number of hydrogen-bond acceptors (Lipinski definition) is 3. The zero-order valence-corrected chi connectivity index (χ0v) is 19.3. The van der Waals surface area contributed by atoms with E-state index in [2.05, 4.69) is 29.6 Å². The van der Waals surface area contributed by atoms with Crippen LogP contribution < -0.4 is 5.32 Å². The van der Waals surface area contributed by atoms with Crippen molar-refractivity contribution in [3.8, 4) is 0 Å². The lowest BCUT2D eigenvalue weighted by atomic mass is 9.88. The van der Waals surface area contributed by atoms with Crippen molar-refractivity contribution in [2.45, 2.75) is 45.1 Å². The van der Waals surface area contributed by atoms with Crippen LogP contribution >= 0.6 is 0 Å². The molecule has 1 amide bonds. The fraction of sp³-hybridized carbons (Fsp3) is 0.310. The number of carbonyl (C=O) groups is 2. The maximum Gasteiger partial charge on any atom is 0.311 e. The molecule has 0 saturated heterocycles. The Bertz CT molecular complexity index is 974. The first-order chi connectivity index (χ1) is 16.2. The standard InChI is InChI=1S/C29H33NO3/c1-2-33-29(32)26(20-12-17-23-13-6-3-7-14-23)27(22-21-24-15-8-4-9-16-24)30-28(31)25-18-10-5-11-19-25/h3-11,13-16,18-19,26-27H,2,12,17,20-22H2,1H3,(H,30,31)/t26-,27-/m0/s1. The van der Waals surface area contributed by atoms with Gasteiger partial charge >= 0.3 is 5.97 Å². The molecule has 0 saturated carbocycles. The number of esters is 1. The van der Waals surface area contributed by atoms with Gasteiger partial charge in [-0.3, -0.25) is 9.59 Å². The molecule has 0 bridgehead atoms. The summed E-state index contributed by atoms with van der Waals surface area (Å²) >= 11 is 0. The lowest BCUT2D eigenvalue weighted by Gasteiger charge is -2.27. The second-order valence-corrected chi connectivity index (χ2v) is 8.21. The third kappa shape index (κ3) is 7.90. The Hall–Kier alpha value is -3.40.